The number of nitrogens with one attached hydrogen (secondary N) is 1. The van der Waals surface area contributed by atoms with Gasteiger partial charge in [0.2, 0.25) is 0 Å². The quantitative estimate of drug-likeness (QED) is 0.772. The van der Waals surface area contributed by atoms with Crippen molar-refractivity contribution in [1.82, 2.24) is 0 Å². The number of rotatable bonds is 7. The number of carbonyl (C=O) groups excluding carboxylic acids is 3. The van der Waals surface area contributed by atoms with E-state index in [0.717, 1.165) is 18.4 Å². The Hall–Kier alpha value is -1.89. The summed E-state index contributed by atoms with van der Waals surface area (Å²) >= 11 is 1.29. The molecule has 0 unspecified atom stereocenters. The minimum atomic E-state index is -0.464. The van der Waals surface area contributed by atoms with Crippen LogP contribution in [0.25, 0.3) is 0 Å². The Labute approximate surface area is 139 Å². The summed E-state index contributed by atoms with van der Waals surface area (Å²) in [6.45, 7) is 5.04. The zero-order chi connectivity index (χ0) is 17.0. The molecular weight excluding hydrogens is 318 g/mol. The number of ether oxygens (including phenoxy) is 2. The minimum absolute atomic E-state index is 0.276. The largest absolute Gasteiger partial charge is 0.462 e. The Morgan fingerprint density at radius 3 is 2.57 bits per heavy atom. The van der Waals surface area contributed by atoms with E-state index in [1.165, 1.54) is 11.3 Å². The number of anilines is 1. The molecule has 0 radical (unpaired) electrons. The molecule has 1 N–H and O–H groups in total. The third-order valence-electron chi connectivity index (χ3n) is 3.39. The van der Waals surface area contributed by atoms with Gasteiger partial charge in [0, 0.05) is 0 Å². The van der Waals surface area contributed by atoms with Gasteiger partial charge in [0.15, 0.2) is 6.61 Å². The molecule has 1 saturated carbocycles. The molecule has 1 aromatic heterocycles. The minimum Gasteiger partial charge on any atom is -0.462 e. The lowest BCUT2D eigenvalue weighted by Gasteiger charge is -2.09. The molecule has 1 fully saturated rings. The van der Waals surface area contributed by atoms with E-state index < -0.39 is 17.8 Å². The molecule has 1 aliphatic rings. The van der Waals surface area contributed by atoms with Crippen molar-refractivity contribution in [3.8, 4) is 0 Å². The Kier molecular flexibility index (Phi) is 5.76. The summed E-state index contributed by atoms with van der Waals surface area (Å²) in [5.74, 6) is -1.24. The summed E-state index contributed by atoms with van der Waals surface area (Å²) in [5.41, 5.74) is 1.37. The number of amides is 1. The zero-order valence-electron chi connectivity index (χ0n) is 13.5. The van der Waals surface area contributed by atoms with Gasteiger partial charge in [0.05, 0.1) is 18.1 Å². The third-order valence-corrected chi connectivity index (χ3v) is 4.30. The summed E-state index contributed by atoms with van der Waals surface area (Å²) < 4.78 is 9.98. The van der Waals surface area contributed by atoms with Crippen LogP contribution in [0.2, 0.25) is 0 Å². The molecule has 0 saturated heterocycles. The first-order valence-corrected chi connectivity index (χ1v) is 8.57. The van der Waals surface area contributed by atoms with E-state index in [0.29, 0.717) is 16.5 Å². The number of hydrogen-bond donors (Lipinski definition) is 1. The molecule has 6 nitrogen and oxygen atoms in total. The van der Waals surface area contributed by atoms with Crippen molar-refractivity contribution < 1.29 is 23.9 Å². The molecule has 7 heteroatoms. The van der Waals surface area contributed by atoms with Gasteiger partial charge >= 0.3 is 11.9 Å². The SMILES string of the molecule is CCOC(=O)c1c(C2CC2)csc1NC(=O)COC(=O)C(C)C. The van der Waals surface area contributed by atoms with Crippen molar-refractivity contribution in [2.75, 3.05) is 18.5 Å². The van der Waals surface area contributed by atoms with Crippen LogP contribution < -0.4 is 5.32 Å². The monoisotopic (exact) mass is 339 g/mol. The van der Waals surface area contributed by atoms with Crippen molar-refractivity contribution in [2.24, 2.45) is 5.92 Å². The molecule has 0 atom stereocenters. The van der Waals surface area contributed by atoms with E-state index in [4.69, 9.17) is 9.47 Å². The lowest BCUT2D eigenvalue weighted by atomic mass is 10.1. The van der Waals surface area contributed by atoms with Crippen molar-refractivity contribution >= 4 is 34.2 Å². The van der Waals surface area contributed by atoms with Crippen LogP contribution in [0, 0.1) is 5.92 Å². The first-order valence-electron chi connectivity index (χ1n) is 7.69. The Morgan fingerprint density at radius 1 is 1.30 bits per heavy atom. The predicted octanol–water partition coefficient (Wildman–Crippen LogP) is 2.94. The first-order chi connectivity index (χ1) is 10.9. The van der Waals surface area contributed by atoms with E-state index in [9.17, 15) is 14.4 Å². The highest BCUT2D eigenvalue weighted by Crippen LogP contribution is 2.46. The lowest BCUT2D eigenvalue weighted by molar-refractivity contribution is -0.150. The fourth-order valence-electron chi connectivity index (χ4n) is 2.04. The van der Waals surface area contributed by atoms with Crippen LogP contribution in [0.15, 0.2) is 5.38 Å². The fourth-order valence-corrected chi connectivity index (χ4v) is 3.08. The molecule has 2 rings (SSSR count). The third kappa shape index (κ3) is 4.54. The van der Waals surface area contributed by atoms with Gasteiger partial charge in [-0.15, -0.1) is 11.3 Å². The summed E-state index contributed by atoms with van der Waals surface area (Å²) in [6.07, 6.45) is 2.09. The normalized spacial score (nSPS) is 13.7. The highest BCUT2D eigenvalue weighted by atomic mass is 32.1. The second kappa shape index (κ2) is 7.59. The van der Waals surface area contributed by atoms with E-state index in [1.54, 1.807) is 20.8 Å². The highest BCUT2D eigenvalue weighted by molar-refractivity contribution is 7.15. The van der Waals surface area contributed by atoms with Gasteiger partial charge in [-0.3, -0.25) is 9.59 Å². The maximum atomic E-state index is 12.2. The molecule has 1 amide bonds. The molecule has 0 aromatic carbocycles. The molecule has 126 valence electrons. The number of hydrogen-bond acceptors (Lipinski definition) is 6. The van der Waals surface area contributed by atoms with Crippen molar-refractivity contribution in [3.05, 3.63) is 16.5 Å². The summed E-state index contributed by atoms with van der Waals surface area (Å²) in [4.78, 5) is 35.5. The van der Waals surface area contributed by atoms with E-state index >= 15 is 0 Å². The second-order valence-corrected chi connectivity index (χ2v) is 6.58. The fraction of sp³-hybridized carbons (Fsp3) is 0.562. The van der Waals surface area contributed by atoms with Gasteiger partial charge in [-0.25, -0.2) is 4.79 Å². The molecule has 1 heterocycles. The van der Waals surface area contributed by atoms with Crippen LogP contribution in [0.5, 0.6) is 0 Å². The van der Waals surface area contributed by atoms with Gasteiger partial charge in [0.25, 0.3) is 5.91 Å². The van der Waals surface area contributed by atoms with Crippen LogP contribution >= 0.6 is 11.3 Å². The van der Waals surface area contributed by atoms with Gasteiger partial charge < -0.3 is 14.8 Å². The zero-order valence-corrected chi connectivity index (χ0v) is 14.3. The molecule has 1 aliphatic carbocycles. The summed E-state index contributed by atoms with van der Waals surface area (Å²) in [6, 6.07) is 0. The maximum Gasteiger partial charge on any atom is 0.341 e. The summed E-state index contributed by atoms with van der Waals surface area (Å²) in [7, 11) is 0. The topological polar surface area (TPSA) is 81.7 Å². The molecule has 1 aromatic rings. The van der Waals surface area contributed by atoms with Crippen LogP contribution in [0.3, 0.4) is 0 Å². The lowest BCUT2D eigenvalue weighted by Crippen LogP contribution is -2.23. The smallest absolute Gasteiger partial charge is 0.341 e. The van der Waals surface area contributed by atoms with Crippen LogP contribution in [0.4, 0.5) is 5.00 Å². The van der Waals surface area contributed by atoms with Crippen molar-refractivity contribution in [1.29, 1.82) is 0 Å². The number of esters is 2. The average molecular weight is 339 g/mol. The molecule has 23 heavy (non-hydrogen) atoms. The number of carbonyl (C=O) groups is 3. The van der Waals surface area contributed by atoms with Crippen LogP contribution in [0.1, 0.15) is 55.5 Å². The molecule has 0 aliphatic heterocycles. The van der Waals surface area contributed by atoms with Gasteiger partial charge in [-0.05, 0) is 36.6 Å². The van der Waals surface area contributed by atoms with Crippen LogP contribution in [-0.4, -0.2) is 31.1 Å². The second-order valence-electron chi connectivity index (χ2n) is 5.70. The van der Waals surface area contributed by atoms with Crippen LogP contribution in [-0.2, 0) is 19.1 Å². The van der Waals surface area contributed by atoms with Crippen molar-refractivity contribution in [3.63, 3.8) is 0 Å². The van der Waals surface area contributed by atoms with Gasteiger partial charge in [-0.2, -0.15) is 0 Å². The Bertz CT molecular complexity index is 604. The van der Waals surface area contributed by atoms with E-state index in [-0.39, 0.29) is 19.1 Å². The average Bonchev–Trinajstić information content (AvgIpc) is 3.26. The van der Waals surface area contributed by atoms with E-state index in [2.05, 4.69) is 5.32 Å². The molecular formula is C16H21NO5S. The highest BCUT2D eigenvalue weighted by Gasteiger charge is 2.32. The standard InChI is InChI=1S/C16H21NO5S/c1-4-21-16(20)13-11(10-5-6-10)8-23-14(13)17-12(18)7-22-15(19)9(2)3/h8-10H,4-7H2,1-3H3,(H,17,18). The van der Waals surface area contributed by atoms with Gasteiger partial charge in [-0.1, -0.05) is 13.8 Å². The van der Waals surface area contributed by atoms with Gasteiger partial charge in [0.1, 0.15) is 5.00 Å². The molecule has 0 bridgehead atoms. The summed E-state index contributed by atoms with van der Waals surface area (Å²) in [5, 5.41) is 4.99. The Balaban J connectivity index is 2.05. The predicted molar refractivity (Wildman–Crippen MR) is 86.7 cm³/mol. The first kappa shape index (κ1) is 17.5. The molecule has 0 spiro atoms. The number of thiophene rings is 1. The van der Waals surface area contributed by atoms with E-state index in [1.807, 2.05) is 5.38 Å². The Morgan fingerprint density at radius 2 is 2.00 bits per heavy atom. The maximum absolute atomic E-state index is 12.2. The van der Waals surface area contributed by atoms with Crippen molar-refractivity contribution in [2.45, 2.75) is 39.5 Å².